The summed E-state index contributed by atoms with van der Waals surface area (Å²) in [5.74, 6) is 1.23. The Balaban J connectivity index is 1.62. The fraction of sp³-hybridized carbons (Fsp3) is 0.278. The van der Waals surface area contributed by atoms with E-state index in [9.17, 15) is 4.79 Å². The van der Waals surface area contributed by atoms with Gasteiger partial charge in [0.05, 0.1) is 5.75 Å². The van der Waals surface area contributed by atoms with Crippen LogP contribution in [0.1, 0.15) is 11.1 Å². The number of aryl methyl sites for hydroxylation is 1. The minimum Gasteiger partial charge on any atom is -0.341 e. The van der Waals surface area contributed by atoms with Crippen LogP contribution in [0.4, 0.5) is 0 Å². The van der Waals surface area contributed by atoms with Crippen molar-refractivity contribution in [2.45, 2.75) is 18.6 Å². The van der Waals surface area contributed by atoms with E-state index >= 15 is 0 Å². The number of amides is 1. The lowest BCUT2D eigenvalue weighted by molar-refractivity contribution is -0.127. The van der Waals surface area contributed by atoms with Crippen LogP contribution >= 0.6 is 23.1 Å². The van der Waals surface area contributed by atoms with E-state index in [4.69, 9.17) is 0 Å². The average Bonchev–Trinajstić information content (AvgIpc) is 3.23. The predicted octanol–water partition coefficient (Wildman–Crippen LogP) is 3.60. The molecule has 2 heterocycles. The first-order valence-corrected chi connectivity index (χ1v) is 9.81. The molecule has 0 N–H and O–H groups in total. The molecule has 3 aromatic rings. The smallest absolute Gasteiger partial charge is 0.233 e. The number of thiophene rings is 1. The number of thioether (sulfide) groups is 1. The number of benzene rings is 1. The summed E-state index contributed by atoms with van der Waals surface area (Å²) in [6, 6.07) is 10.2. The van der Waals surface area contributed by atoms with Crippen molar-refractivity contribution in [1.29, 1.82) is 0 Å². The lowest BCUT2D eigenvalue weighted by Crippen LogP contribution is -2.27. The third-order valence-corrected chi connectivity index (χ3v) is 5.63. The highest BCUT2D eigenvalue weighted by Crippen LogP contribution is 2.23. The molecule has 0 saturated carbocycles. The van der Waals surface area contributed by atoms with E-state index in [-0.39, 0.29) is 5.91 Å². The maximum absolute atomic E-state index is 12.3. The van der Waals surface area contributed by atoms with Crippen molar-refractivity contribution in [2.75, 3.05) is 12.8 Å². The fourth-order valence-electron chi connectivity index (χ4n) is 2.38. The molecule has 0 aliphatic heterocycles. The van der Waals surface area contributed by atoms with Gasteiger partial charge in [0.2, 0.25) is 5.91 Å². The van der Waals surface area contributed by atoms with Crippen LogP contribution in [0, 0.1) is 6.92 Å². The molecule has 130 valence electrons. The standard InChI is InChI=1S/C18H20N4OS2/c1-13-4-6-15(7-5-13)17-19-20-18(22(17)3)25-12-16(23)21(2)10-14-8-9-24-11-14/h4-9,11H,10,12H2,1-3H3. The largest absolute Gasteiger partial charge is 0.341 e. The first kappa shape index (κ1) is 17.7. The Morgan fingerprint density at radius 2 is 2.00 bits per heavy atom. The molecule has 0 saturated heterocycles. The Labute approximate surface area is 155 Å². The zero-order valence-electron chi connectivity index (χ0n) is 14.5. The van der Waals surface area contributed by atoms with Gasteiger partial charge in [-0.1, -0.05) is 41.6 Å². The Kier molecular flexibility index (Phi) is 5.55. The first-order valence-electron chi connectivity index (χ1n) is 7.89. The second-order valence-electron chi connectivity index (χ2n) is 5.90. The van der Waals surface area contributed by atoms with Crippen molar-refractivity contribution in [3.8, 4) is 11.4 Å². The van der Waals surface area contributed by atoms with Gasteiger partial charge >= 0.3 is 0 Å². The molecule has 0 aliphatic rings. The number of hydrogen-bond donors (Lipinski definition) is 0. The molecule has 0 atom stereocenters. The van der Waals surface area contributed by atoms with Gasteiger partial charge in [-0.3, -0.25) is 4.79 Å². The number of carbonyl (C=O) groups is 1. The summed E-state index contributed by atoms with van der Waals surface area (Å²) >= 11 is 3.06. The van der Waals surface area contributed by atoms with Crippen LogP contribution in [0.2, 0.25) is 0 Å². The van der Waals surface area contributed by atoms with Gasteiger partial charge in [-0.25, -0.2) is 0 Å². The highest BCUT2D eigenvalue weighted by molar-refractivity contribution is 7.99. The molecule has 0 aliphatic carbocycles. The molecular formula is C18H20N4OS2. The zero-order chi connectivity index (χ0) is 17.8. The van der Waals surface area contributed by atoms with Crippen LogP contribution in [0.15, 0.2) is 46.2 Å². The van der Waals surface area contributed by atoms with Crippen LogP contribution in [-0.4, -0.2) is 38.4 Å². The number of aromatic nitrogens is 3. The van der Waals surface area contributed by atoms with Gasteiger partial charge < -0.3 is 9.47 Å². The molecule has 7 heteroatoms. The van der Waals surface area contributed by atoms with E-state index in [1.54, 1.807) is 16.2 Å². The lowest BCUT2D eigenvalue weighted by atomic mass is 10.1. The van der Waals surface area contributed by atoms with Crippen molar-refractivity contribution >= 4 is 29.0 Å². The summed E-state index contributed by atoms with van der Waals surface area (Å²) in [6.07, 6.45) is 0. The zero-order valence-corrected chi connectivity index (χ0v) is 16.1. The predicted molar refractivity (Wildman–Crippen MR) is 103 cm³/mol. The number of carbonyl (C=O) groups excluding carboxylic acids is 1. The third kappa shape index (κ3) is 4.29. The molecule has 25 heavy (non-hydrogen) atoms. The van der Waals surface area contributed by atoms with Crippen molar-refractivity contribution in [1.82, 2.24) is 19.7 Å². The van der Waals surface area contributed by atoms with Crippen LogP contribution in [-0.2, 0) is 18.4 Å². The van der Waals surface area contributed by atoms with E-state index in [0.717, 1.165) is 22.1 Å². The van der Waals surface area contributed by atoms with Gasteiger partial charge in [0, 0.05) is 26.2 Å². The molecule has 1 aromatic carbocycles. The molecule has 0 spiro atoms. The van der Waals surface area contributed by atoms with Crippen LogP contribution in [0.25, 0.3) is 11.4 Å². The summed E-state index contributed by atoms with van der Waals surface area (Å²) in [7, 11) is 3.76. The molecule has 3 rings (SSSR count). The van der Waals surface area contributed by atoms with E-state index in [0.29, 0.717) is 12.3 Å². The number of rotatable bonds is 6. The van der Waals surface area contributed by atoms with E-state index in [2.05, 4.69) is 34.6 Å². The van der Waals surface area contributed by atoms with Gasteiger partial charge in [0.15, 0.2) is 11.0 Å². The Bertz CT molecular complexity index is 841. The fourth-order valence-corrected chi connectivity index (χ4v) is 3.89. The van der Waals surface area contributed by atoms with Crippen molar-refractivity contribution in [3.63, 3.8) is 0 Å². The van der Waals surface area contributed by atoms with Crippen LogP contribution in [0.5, 0.6) is 0 Å². The van der Waals surface area contributed by atoms with E-state index in [1.165, 1.54) is 17.3 Å². The molecule has 0 fully saturated rings. The molecule has 0 unspecified atom stereocenters. The SMILES string of the molecule is Cc1ccc(-c2nnc(SCC(=O)N(C)Cc3ccsc3)n2C)cc1. The van der Waals surface area contributed by atoms with Gasteiger partial charge in [0.25, 0.3) is 0 Å². The minimum absolute atomic E-state index is 0.0797. The monoisotopic (exact) mass is 372 g/mol. The normalized spacial score (nSPS) is 10.8. The molecule has 0 radical (unpaired) electrons. The lowest BCUT2D eigenvalue weighted by Gasteiger charge is -2.16. The van der Waals surface area contributed by atoms with E-state index < -0.39 is 0 Å². The molecule has 5 nitrogen and oxygen atoms in total. The first-order chi connectivity index (χ1) is 12.0. The summed E-state index contributed by atoms with van der Waals surface area (Å²) in [6.45, 7) is 2.69. The maximum Gasteiger partial charge on any atom is 0.233 e. The Hall–Kier alpha value is -2.12. The summed E-state index contributed by atoms with van der Waals surface area (Å²) in [4.78, 5) is 14.1. The Morgan fingerprint density at radius 3 is 2.68 bits per heavy atom. The summed E-state index contributed by atoms with van der Waals surface area (Å²) in [5.41, 5.74) is 3.39. The topological polar surface area (TPSA) is 51.0 Å². The number of hydrogen-bond acceptors (Lipinski definition) is 5. The maximum atomic E-state index is 12.3. The highest BCUT2D eigenvalue weighted by atomic mass is 32.2. The van der Waals surface area contributed by atoms with E-state index in [1.807, 2.05) is 42.2 Å². The van der Waals surface area contributed by atoms with Gasteiger partial charge in [-0.15, -0.1) is 10.2 Å². The second kappa shape index (κ2) is 7.84. The summed E-state index contributed by atoms with van der Waals surface area (Å²) < 4.78 is 1.93. The highest BCUT2D eigenvalue weighted by Gasteiger charge is 2.15. The average molecular weight is 373 g/mol. The number of nitrogens with zero attached hydrogens (tertiary/aromatic N) is 4. The second-order valence-corrected chi connectivity index (χ2v) is 7.62. The molecule has 2 aromatic heterocycles. The Morgan fingerprint density at radius 1 is 1.24 bits per heavy atom. The quantitative estimate of drug-likeness (QED) is 0.620. The van der Waals surface area contributed by atoms with Crippen molar-refractivity contribution in [2.24, 2.45) is 7.05 Å². The van der Waals surface area contributed by atoms with Crippen molar-refractivity contribution in [3.05, 3.63) is 52.2 Å². The molecule has 1 amide bonds. The summed E-state index contributed by atoms with van der Waals surface area (Å²) in [5, 5.41) is 13.3. The van der Waals surface area contributed by atoms with Gasteiger partial charge in [0.1, 0.15) is 0 Å². The minimum atomic E-state index is 0.0797. The molecular weight excluding hydrogens is 352 g/mol. The third-order valence-electron chi connectivity index (χ3n) is 3.90. The van der Waals surface area contributed by atoms with Crippen LogP contribution < -0.4 is 0 Å². The van der Waals surface area contributed by atoms with Gasteiger partial charge in [-0.2, -0.15) is 11.3 Å². The van der Waals surface area contributed by atoms with Crippen LogP contribution in [0.3, 0.4) is 0 Å². The van der Waals surface area contributed by atoms with Crippen molar-refractivity contribution < 1.29 is 4.79 Å². The molecule has 0 bridgehead atoms. The van der Waals surface area contributed by atoms with Gasteiger partial charge in [-0.05, 0) is 29.3 Å².